The lowest BCUT2D eigenvalue weighted by atomic mass is 9.98. The average molecular weight is 486 g/mol. The maximum absolute atomic E-state index is 12.0. The third-order valence-electron chi connectivity index (χ3n) is 5.69. The highest BCUT2D eigenvalue weighted by Crippen LogP contribution is 2.38. The standard InChI is InChI=1S/C27H24ClN5O2/c1-3-21(27(30)34)32-26-19(13-29)25(33-22-15-31-14-20(28)24(22)26)17-11-9-16(10-12-17)18-7-5-6-8-23(18)35-4-2/h5-12,14-15,21H,3-4H2,1-2H3,(H2,30,34)(H,32,33)/t21-/m1/s1. The summed E-state index contributed by atoms with van der Waals surface area (Å²) >= 11 is 6.44. The zero-order valence-corrected chi connectivity index (χ0v) is 20.1. The summed E-state index contributed by atoms with van der Waals surface area (Å²) in [6, 6.07) is 17.1. The minimum atomic E-state index is -0.678. The molecule has 0 bridgehead atoms. The van der Waals surface area contributed by atoms with E-state index in [0.717, 1.165) is 22.4 Å². The summed E-state index contributed by atoms with van der Waals surface area (Å²) in [5.41, 5.74) is 9.88. The van der Waals surface area contributed by atoms with E-state index in [0.29, 0.717) is 40.3 Å². The molecule has 0 aliphatic heterocycles. The van der Waals surface area contributed by atoms with E-state index in [4.69, 9.17) is 27.1 Å². The summed E-state index contributed by atoms with van der Waals surface area (Å²) in [6.07, 6.45) is 3.50. The number of aromatic nitrogens is 2. The zero-order valence-electron chi connectivity index (χ0n) is 19.4. The first kappa shape index (κ1) is 24.0. The summed E-state index contributed by atoms with van der Waals surface area (Å²) in [7, 11) is 0. The Hall–Kier alpha value is -4.15. The number of nitriles is 1. The second-order valence-electron chi connectivity index (χ2n) is 7.85. The maximum Gasteiger partial charge on any atom is 0.239 e. The number of pyridine rings is 2. The van der Waals surface area contributed by atoms with Crippen molar-refractivity contribution in [1.29, 1.82) is 5.26 Å². The van der Waals surface area contributed by atoms with Crippen molar-refractivity contribution in [3.8, 4) is 34.2 Å². The number of primary amides is 1. The number of benzene rings is 2. The van der Waals surface area contributed by atoms with Crippen LogP contribution in [0.5, 0.6) is 5.75 Å². The van der Waals surface area contributed by atoms with Gasteiger partial charge in [0.05, 0.1) is 34.7 Å². The molecule has 0 radical (unpaired) electrons. The molecule has 3 N–H and O–H groups in total. The van der Waals surface area contributed by atoms with Gasteiger partial charge in [-0.15, -0.1) is 0 Å². The first-order valence-electron chi connectivity index (χ1n) is 11.2. The van der Waals surface area contributed by atoms with Gasteiger partial charge in [-0.05, 0) is 25.0 Å². The van der Waals surface area contributed by atoms with Crippen LogP contribution in [0.15, 0.2) is 60.9 Å². The highest BCUT2D eigenvalue weighted by molar-refractivity contribution is 6.36. The molecule has 2 heterocycles. The van der Waals surface area contributed by atoms with Gasteiger partial charge in [0.25, 0.3) is 0 Å². The van der Waals surface area contributed by atoms with Crippen LogP contribution < -0.4 is 15.8 Å². The number of nitrogens with zero attached hydrogens (tertiary/aromatic N) is 3. The molecule has 1 atom stereocenters. The summed E-state index contributed by atoms with van der Waals surface area (Å²) < 4.78 is 5.76. The molecule has 0 saturated heterocycles. The van der Waals surface area contributed by atoms with E-state index in [-0.39, 0.29) is 5.56 Å². The Morgan fingerprint density at radius 3 is 2.51 bits per heavy atom. The van der Waals surface area contributed by atoms with Crippen LogP contribution in [0.25, 0.3) is 33.3 Å². The van der Waals surface area contributed by atoms with Crippen molar-refractivity contribution in [2.24, 2.45) is 5.73 Å². The van der Waals surface area contributed by atoms with Crippen LogP contribution in [0.1, 0.15) is 25.8 Å². The molecule has 0 unspecified atom stereocenters. The van der Waals surface area contributed by atoms with Crippen LogP contribution >= 0.6 is 11.6 Å². The van der Waals surface area contributed by atoms with Gasteiger partial charge in [0, 0.05) is 22.7 Å². The maximum atomic E-state index is 12.0. The number of amides is 1. The molecule has 2 aromatic heterocycles. The Kier molecular flexibility index (Phi) is 7.14. The molecule has 2 aromatic carbocycles. The first-order chi connectivity index (χ1) is 17.0. The number of nitrogens with one attached hydrogen (secondary N) is 1. The van der Waals surface area contributed by atoms with Crippen molar-refractivity contribution >= 4 is 34.1 Å². The molecular formula is C27H24ClN5O2. The summed E-state index contributed by atoms with van der Waals surface area (Å²) in [6.45, 7) is 4.35. The molecule has 0 fully saturated rings. The quantitative estimate of drug-likeness (QED) is 0.337. The second-order valence-corrected chi connectivity index (χ2v) is 8.26. The fraction of sp³-hybridized carbons (Fsp3) is 0.185. The monoisotopic (exact) mass is 485 g/mol. The molecular weight excluding hydrogens is 462 g/mol. The number of carbonyl (C=O) groups excluding carboxylic acids is 1. The largest absolute Gasteiger partial charge is 0.493 e. The third kappa shape index (κ3) is 4.75. The second kappa shape index (κ2) is 10.4. The van der Waals surface area contributed by atoms with E-state index in [1.807, 2.05) is 62.4 Å². The van der Waals surface area contributed by atoms with Gasteiger partial charge in [0.15, 0.2) is 0 Å². The van der Waals surface area contributed by atoms with Crippen LogP contribution in [0.2, 0.25) is 5.02 Å². The van der Waals surface area contributed by atoms with Gasteiger partial charge in [0.1, 0.15) is 23.4 Å². The van der Waals surface area contributed by atoms with Gasteiger partial charge in [-0.2, -0.15) is 5.26 Å². The Morgan fingerprint density at radius 1 is 1.14 bits per heavy atom. The van der Waals surface area contributed by atoms with Crippen LogP contribution in [0.4, 0.5) is 5.69 Å². The number of carbonyl (C=O) groups is 1. The van der Waals surface area contributed by atoms with E-state index < -0.39 is 11.9 Å². The molecule has 0 saturated carbocycles. The number of ether oxygens (including phenoxy) is 1. The minimum Gasteiger partial charge on any atom is -0.493 e. The first-order valence-corrected chi connectivity index (χ1v) is 11.6. The van der Waals surface area contributed by atoms with Gasteiger partial charge < -0.3 is 15.8 Å². The normalized spacial score (nSPS) is 11.6. The molecule has 0 aliphatic rings. The van der Waals surface area contributed by atoms with Gasteiger partial charge >= 0.3 is 0 Å². The fourth-order valence-electron chi connectivity index (χ4n) is 3.98. The SMILES string of the molecule is CCOc1ccccc1-c1ccc(-c2nc3cncc(Cl)c3c(N[C@H](CC)C(N)=O)c2C#N)cc1. The topological polar surface area (TPSA) is 114 Å². The highest BCUT2D eigenvalue weighted by atomic mass is 35.5. The Bertz CT molecular complexity index is 1430. The Labute approximate surface area is 208 Å². The molecule has 0 spiro atoms. The van der Waals surface area contributed by atoms with Crippen molar-refractivity contribution < 1.29 is 9.53 Å². The number of nitrogens with two attached hydrogens (primary N) is 1. The summed E-state index contributed by atoms with van der Waals surface area (Å²) in [4.78, 5) is 20.8. The number of hydrogen-bond acceptors (Lipinski definition) is 6. The molecule has 4 rings (SSSR count). The van der Waals surface area contributed by atoms with Crippen molar-refractivity contribution in [3.05, 3.63) is 71.5 Å². The lowest BCUT2D eigenvalue weighted by Gasteiger charge is -2.20. The zero-order chi connectivity index (χ0) is 24.9. The molecule has 0 aliphatic carbocycles. The summed E-state index contributed by atoms with van der Waals surface area (Å²) in [5, 5.41) is 14.1. The van der Waals surface area contributed by atoms with Crippen molar-refractivity contribution in [3.63, 3.8) is 0 Å². The van der Waals surface area contributed by atoms with Crippen LogP contribution in [0.3, 0.4) is 0 Å². The van der Waals surface area contributed by atoms with E-state index in [2.05, 4.69) is 16.4 Å². The third-order valence-corrected chi connectivity index (χ3v) is 5.97. The van der Waals surface area contributed by atoms with E-state index in [9.17, 15) is 10.1 Å². The predicted octanol–water partition coefficient (Wildman–Crippen LogP) is 5.56. The summed E-state index contributed by atoms with van der Waals surface area (Å²) in [5.74, 6) is 0.277. The van der Waals surface area contributed by atoms with E-state index in [1.54, 1.807) is 6.20 Å². The van der Waals surface area contributed by atoms with Crippen molar-refractivity contribution in [2.45, 2.75) is 26.3 Å². The van der Waals surface area contributed by atoms with Gasteiger partial charge in [0.2, 0.25) is 5.91 Å². The predicted molar refractivity (Wildman–Crippen MR) is 138 cm³/mol. The number of hydrogen-bond donors (Lipinski definition) is 2. The number of rotatable bonds is 8. The smallest absolute Gasteiger partial charge is 0.239 e. The molecule has 7 nitrogen and oxygen atoms in total. The average Bonchev–Trinajstić information content (AvgIpc) is 2.87. The molecule has 8 heteroatoms. The lowest BCUT2D eigenvalue weighted by molar-refractivity contribution is -0.118. The van der Waals surface area contributed by atoms with Gasteiger partial charge in [-0.3, -0.25) is 9.78 Å². The Morgan fingerprint density at radius 2 is 1.86 bits per heavy atom. The Balaban J connectivity index is 1.87. The van der Waals surface area contributed by atoms with E-state index in [1.165, 1.54) is 6.20 Å². The number of halogens is 1. The van der Waals surface area contributed by atoms with Gasteiger partial charge in [-0.25, -0.2) is 4.98 Å². The number of para-hydroxylation sites is 1. The fourth-order valence-corrected chi connectivity index (χ4v) is 4.23. The van der Waals surface area contributed by atoms with Crippen LogP contribution in [-0.4, -0.2) is 28.5 Å². The van der Waals surface area contributed by atoms with Crippen molar-refractivity contribution in [1.82, 2.24) is 9.97 Å². The van der Waals surface area contributed by atoms with Crippen LogP contribution in [0, 0.1) is 11.3 Å². The molecule has 35 heavy (non-hydrogen) atoms. The molecule has 4 aromatic rings. The number of anilines is 1. The molecule has 1 amide bonds. The number of fused-ring (bicyclic) bond motifs is 1. The van der Waals surface area contributed by atoms with Gasteiger partial charge in [-0.1, -0.05) is 61.0 Å². The lowest BCUT2D eigenvalue weighted by Crippen LogP contribution is -2.35. The minimum absolute atomic E-state index is 0.271. The molecule has 176 valence electrons. The van der Waals surface area contributed by atoms with E-state index >= 15 is 0 Å². The highest BCUT2D eigenvalue weighted by Gasteiger charge is 2.22. The van der Waals surface area contributed by atoms with Crippen molar-refractivity contribution in [2.75, 3.05) is 11.9 Å². The van der Waals surface area contributed by atoms with Crippen LogP contribution in [-0.2, 0) is 4.79 Å².